The van der Waals surface area contributed by atoms with Crippen LogP contribution in [0, 0.1) is 5.82 Å². The fourth-order valence-corrected chi connectivity index (χ4v) is 2.78. The third kappa shape index (κ3) is 3.39. The second kappa shape index (κ2) is 6.64. The van der Waals surface area contributed by atoms with Crippen LogP contribution in [0.3, 0.4) is 0 Å². The van der Waals surface area contributed by atoms with Crippen molar-refractivity contribution >= 4 is 34.9 Å². The topological polar surface area (TPSA) is 72.5 Å². The van der Waals surface area contributed by atoms with Crippen LogP contribution < -0.4 is 5.32 Å². The molecule has 1 aliphatic rings. The summed E-state index contributed by atoms with van der Waals surface area (Å²) < 4.78 is 17.9. The van der Waals surface area contributed by atoms with Gasteiger partial charge in [-0.1, -0.05) is 11.6 Å². The molecule has 0 radical (unpaired) electrons. The Balaban J connectivity index is 1.69. The largest absolute Gasteiger partial charge is 0.454 e. The number of carbonyl (C=O) groups is 3. The lowest BCUT2D eigenvalue weighted by atomic mass is 9.99. The number of halogens is 2. The van der Waals surface area contributed by atoms with Gasteiger partial charge in [-0.05, 0) is 48.9 Å². The number of Topliss-reactive ketones (excluding diaryl/α,β-unsaturated/α-hetero) is 1. The minimum absolute atomic E-state index is 0.0201. The Bertz CT molecular complexity index is 897. The first-order valence-corrected chi connectivity index (χ1v) is 7.85. The molecule has 25 heavy (non-hydrogen) atoms. The van der Waals surface area contributed by atoms with E-state index in [2.05, 4.69) is 5.32 Å². The van der Waals surface area contributed by atoms with Gasteiger partial charge >= 0.3 is 5.97 Å². The molecule has 1 aliphatic heterocycles. The number of ketones is 1. The maximum Gasteiger partial charge on any atom is 0.340 e. The van der Waals surface area contributed by atoms with Crippen molar-refractivity contribution in [2.45, 2.75) is 12.8 Å². The Hall–Kier alpha value is -2.73. The number of fused-ring (bicyclic) bond motifs is 1. The van der Waals surface area contributed by atoms with E-state index in [1.165, 1.54) is 6.07 Å². The highest BCUT2D eigenvalue weighted by atomic mass is 35.5. The number of esters is 1. The summed E-state index contributed by atoms with van der Waals surface area (Å²) in [5.74, 6) is -2.28. The average molecular weight is 362 g/mol. The smallest absolute Gasteiger partial charge is 0.340 e. The standard InChI is InChI=1S/C18H13ClFNO4/c1-9-13-6-10(2-5-15(13)21-17(9)23)16(22)8-25-18(24)12-4-3-11(20)7-14(12)19/h2-7,9H,8H2,1H3,(H,21,23)/t9-/m0/s1. The van der Waals surface area contributed by atoms with Gasteiger partial charge in [-0.3, -0.25) is 9.59 Å². The van der Waals surface area contributed by atoms with Crippen molar-refractivity contribution in [3.63, 3.8) is 0 Å². The van der Waals surface area contributed by atoms with Crippen LogP contribution in [-0.4, -0.2) is 24.3 Å². The third-order valence-corrected chi connectivity index (χ3v) is 4.29. The molecular weight excluding hydrogens is 349 g/mol. The van der Waals surface area contributed by atoms with Crippen molar-refractivity contribution in [2.24, 2.45) is 0 Å². The zero-order chi connectivity index (χ0) is 18.1. The predicted octanol–water partition coefficient (Wildman–Crippen LogP) is 3.57. The monoisotopic (exact) mass is 361 g/mol. The molecule has 0 unspecified atom stereocenters. The second-order valence-electron chi connectivity index (χ2n) is 5.64. The Morgan fingerprint density at radius 3 is 2.72 bits per heavy atom. The fraction of sp³-hybridized carbons (Fsp3) is 0.167. The Morgan fingerprint density at radius 1 is 1.24 bits per heavy atom. The highest BCUT2D eigenvalue weighted by Crippen LogP contribution is 2.32. The number of hydrogen-bond acceptors (Lipinski definition) is 4. The fourth-order valence-electron chi connectivity index (χ4n) is 2.54. The summed E-state index contributed by atoms with van der Waals surface area (Å²) >= 11 is 5.79. The van der Waals surface area contributed by atoms with Crippen molar-refractivity contribution in [1.82, 2.24) is 0 Å². The van der Waals surface area contributed by atoms with Gasteiger partial charge in [0, 0.05) is 11.3 Å². The van der Waals surface area contributed by atoms with Gasteiger partial charge in [0.05, 0.1) is 16.5 Å². The first kappa shape index (κ1) is 17.1. The molecule has 2 aromatic rings. The molecule has 2 aromatic carbocycles. The van der Waals surface area contributed by atoms with E-state index < -0.39 is 24.2 Å². The average Bonchev–Trinajstić information content (AvgIpc) is 2.86. The molecule has 0 fully saturated rings. The second-order valence-corrected chi connectivity index (χ2v) is 6.04. The number of carbonyl (C=O) groups excluding carboxylic acids is 3. The number of anilines is 1. The SMILES string of the molecule is C[C@@H]1C(=O)Nc2ccc(C(=O)COC(=O)c3ccc(F)cc3Cl)cc21. The highest BCUT2D eigenvalue weighted by molar-refractivity contribution is 6.33. The quantitative estimate of drug-likeness (QED) is 0.667. The molecule has 0 saturated heterocycles. The molecule has 0 aromatic heterocycles. The van der Waals surface area contributed by atoms with E-state index in [4.69, 9.17) is 16.3 Å². The summed E-state index contributed by atoms with van der Waals surface area (Å²) in [7, 11) is 0. The lowest BCUT2D eigenvalue weighted by molar-refractivity contribution is -0.116. The lowest BCUT2D eigenvalue weighted by Crippen LogP contribution is -2.15. The van der Waals surface area contributed by atoms with Crippen LogP contribution in [0.2, 0.25) is 5.02 Å². The van der Waals surface area contributed by atoms with Crippen LogP contribution >= 0.6 is 11.6 Å². The summed E-state index contributed by atoms with van der Waals surface area (Å²) in [5, 5.41) is 2.63. The molecule has 3 rings (SSSR count). The summed E-state index contributed by atoms with van der Waals surface area (Å²) in [5.41, 5.74) is 1.71. The van der Waals surface area contributed by atoms with Gasteiger partial charge in [0.15, 0.2) is 12.4 Å². The van der Waals surface area contributed by atoms with E-state index >= 15 is 0 Å². The van der Waals surface area contributed by atoms with Crippen LogP contribution in [0.25, 0.3) is 0 Å². The van der Waals surface area contributed by atoms with Gasteiger partial charge in [-0.25, -0.2) is 9.18 Å². The molecule has 7 heteroatoms. The van der Waals surface area contributed by atoms with E-state index in [1.807, 2.05) is 0 Å². The normalized spacial score (nSPS) is 15.5. The van der Waals surface area contributed by atoms with Gasteiger partial charge < -0.3 is 10.1 Å². The first-order chi connectivity index (χ1) is 11.9. The van der Waals surface area contributed by atoms with E-state index in [0.717, 1.165) is 17.7 Å². The molecule has 1 N–H and O–H groups in total. The number of nitrogens with one attached hydrogen (secondary N) is 1. The molecule has 1 amide bonds. The van der Waals surface area contributed by atoms with Gasteiger partial charge in [-0.15, -0.1) is 0 Å². The van der Waals surface area contributed by atoms with Crippen molar-refractivity contribution in [3.8, 4) is 0 Å². The van der Waals surface area contributed by atoms with Crippen LogP contribution in [0.15, 0.2) is 36.4 Å². The number of rotatable bonds is 4. The first-order valence-electron chi connectivity index (χ1n) is 7.47. The maximum absolute atomic E-state index is 13.0. The molecular formula is C18H13ClFNO4. The molecule has 0 bridgehead atoms. The minimum Gasteiger partial charge on any atom is -0.454 e. The van der Waals surface area contributed by atoms with E-state index in [0.29, 0.717) is 11.3 Å². The number of benzene rings is 2. The molecule has 5 nitrogen and oxygen atoms in total. The molecule has 0 aliphatic carbocycles. The minimum atomic E-state index is -0.815. The van der Waals surface area contributed by atoms with Crippen molar-refractivity contribution in [1.29, 1.82) is 0 Å². The molecule has 128 valence electrons. The van der Waals surface area contributed by atoms with Gasteiger partial charge in [-0.2, -0.15) is 0 Å². The Morgan fingerprint density at radius 2 is 2.00 bits per heavy atom. The molecule has 1 heterocycles. The van der Waals surface area contributed by atoms with Crippen LogP contribution in [0.1, 0.15) is 39.1 Å². The van der Waals surface area contributed by atoms with Crippen LogP contribution in [-0.2, 0) is 9.53 Å². The predicted molar refractivity (Wildman–Crippen MR) is 89.5 cm³/mol. The van der Waals surface area contributed by atoms with Gasteiger partial charge in [0.25, 0.3) is 0 Å². The van der Waals surface area contributed by atoms with E-state index in [9.17, 15) is 18.8 Å². The molecule has 0 spiro atoms. The van der Waals surface area contributed by atoms with Crippen molar-refractivity contribution < 1.29 is 23.5 Å². The van der Waals surface area contributed by atoms with Crippen molar-refractivity contribution in [2.75, 3.05) is 11.9 Å². The van der Waals surface area contributed by atoms with Crippen molar-refractivity contribution in [3.05, 3.63) is 63.9 Å². The zero-order valence-electron chi connectivity index (χ0n) is 13.1. The number of hydrogen-bond donors (Lipinski definition) is 1. The summed E-state index contributed by atoms with van der Waals surface area (Å²) in [4.78, 5) is 35.8. The van der Waals surface area contributed by atoms with Gasteiger partial charge in [0.1, 0.15) is 5.82 Å². The number of amides is 1. The summed E-state index contributed by atoms with van der Waals surface area (Å²) in [6.07, 6.45) is 0. The molecule has 0 saturated carbocycles. The maximum atomic E-state index is 13.0. The highest BCUT2D eigenvalue weighted by Gasteiger charge is 2.27. The van der Waals surface area contributed by atoms with E-state index in [1.54, 1.807) is 25.1 Å². The molecule has 1 atom stereocenters. The summed E-state index contributed by atoms with van der Waals surface area (Å²) in [6.45, 7) is 1.26. The van der Waals surface area contributed by atoms with Crippen LogP contribution in [0.5, 0.6) is 0 Å². The zero-order valence-corrected chi connectivity index (χ0v) is 13.9. The Labute approximate surface area is 147 Å². The number of ether oxygens (including phenoxy) is 1. The summed E-state index contributed by atoms with van der Waals surface area (Å²) in [6, 6.07) is 8.07. The third-order valence-electron chi connectivity index (χ3n) is 3.98. The Kier molecular flexibility index (Phi) is 4.55. The lowest BCUT2D eigenvalue weighted by Gasteiger charge is -2.08. The van der Waals surface area contributed by atoms with E-state index in [-0.39, 0.29) is 22.4 Å². The van der Waals surface area contributed by atoms with Gasteiger partial charge in [0.2, 0.25) is 5.91 Å². The van der Waals surface area contributed by atoms with Crippen LogP contribution in [0.4, 0.5) is 10.1 Å².